The molecular weight excluding hydrogens is 779 g/mol. The molecule has 1 nitrogen and oxygen atoms in total. The molecule has 1 aliphatic rings. The summed E-state index contributed by atoms with van der Waals surface area (Å²) in [6, 6.07) is 57.5. The summed E-state index contributed by atoms with van der Waals surface area (Å²) in [4.78, 5) is 0. The minimum atomic E-state index is -1.32. The SMILES string of the molecule is CC1(C)c2cccc([PH+](c3ccccc3)c3ccccc3)c2Oc2c([PH+](c3ccccc3)c3ccccc3)cccc21.[Cl][Au]. The number of rotatable bonds is 6. The topological polar surface area (TPSA) is 9.23 Å². The molecule has 222 valence electrons. The van der Waals surface area contributed by atoms with Crippen LogP contribution in [0.2, 0.25) is 0 Å². The number of hydrogen-bond donors (Lipinski definition) is 0. The molecule has 0 fully saturated rings. The second kappa shape index (κ2) is 14.0. The summed E-state index contributed by atoms with van der Waals surface area (Å²) < 4.78 is 7.27. The van der Waals surface area contributed by atoms with Gasteiger partial charge in [-0.15, -0.1) is 0 Å². The van der Waals surface area contributed by atoms with Crippen LogP contribution in [0, 0.1) is 0 Å². The Labute approximate surface area is 279 Å². The number of fused-ring (bicyclic) bond motifs is 2. The molecule has 7 rings (SSSR count). The fourth-order valence-electron chi connectivity index (χ4n) is 6.29. The van der Waals surface area contributed by atoms with Gasteiger partial charge in [0.15, 0.2) is 11.5 Å². The van der Waals surface area contributed by atoms with Crippen molar-refractivity contribution in [2.75, 3.05) is 0 Å². The Morgan fingerprint density at radius 3 is 1.02 bits per heavy atom. The van der Waals surface area contributed by atoms with E-state index in [9.17, 15) is 0 Å². The van der Waals surface area contributed by atoms with Gasteiger partial charge in [0, 0.05) is 16.5 Å². The number of para-hydroxylation sites is 2. The summed E-state index contributed by atoms with van der Waals surface area (Å²) >= 11 is 1.75. The van der Waals surface area contributed by atoms with E-state index in [0.717, 1.165) is 11.5 Å². The molecule has 0 saturated heterocycles. The van der Waals surface area contributed by atoms with Crippen LogP contribution in [0.25, 0.3) is 0 Å². The van der Waals surface area contributed by atoms with Crippen LogP contribution in [0.3, 0.4) is 0 Å². The molecule has 0 radical (unpaired) electrons. The fourth-order valence-corrected chi connectivity index (χ4v) is 11.7. The average Bonchev–Trinajstić information content (AvgIpc) is 3.09. The van der Waals surface area contributed by atoms with Crippen LogP contribution in [-0.2, 0) is 25.4 Å². The van der Waals surface area contributed by atoms with Crippen molar-refractivity contribution in [1.82, 2.24) is 0 Å². The van der Waals surface area contributed by atoms with E-state index in [0.29, 0.717) is 0 Å². The van der Waals surface area contributed by atoms with Crippen molar-refractivity contribution in [3.8, 4) is 11.5 Å². The van der Waals surface area contributed by atoms with E-state index in [4.69, 9.17) is 4.74 Å². The quantitative estimate of drug-likeness (QED) is 0.123. The fraction of sp³-hybridized carbons (Fsp3) is 0.0769. The van der Waals surface area contributed by atoms with Crippen molar-refractivity contribution in [2.45, 2.75) is 19.3 Å². The molecule has 0 saturated carbocycles. The third kappa shape index (κ3) is 5.99. The van der Waals surface area contributed by atoms with E-state index in [-0.39, 0.29) is 5.41 Å². The monoisotopic (exact) mass is 812 g/mol. The van der Waals surface area contributed by atoms with Gasteiger partial charge in [0.25, 0.3) is 0 Å². The summed E-state index contributed by atoms with van der Waals surface area (Å²) in [6.45, 7) is 4.71. The molecular formula is C39H34AuClOP2+2. The summed E-state index contributed by atoms with van der Waals surface area (Å²) in [6.07, 6.45) is 0. The van der Waals surface area contributed by atoms with Crippen LogP contribution in [0.15, 0.2) is 158 Å². The first kappa shape index (κ1) is 31.0. The Kier molecular flexibility index (Phi) is 9.85. The summed E-state index contributed by atoms with van der Waals surface area (Å²) in [7, 11) is 1.94. The van der Waals surface area contributed by atoms with Gasteiger partial charge >= 0.3 is 29.2 Å². The van der Waals surface area contributed by atoms with Crippen molar-refractivity contribution < 1.29 is 24.7 Å². The van der Waals surface area contributed by atoms with E-state index < -0.39 is 15.8 Å². The predicted molar refractivity (Wildman–Crippen MR) is 191 cm³/mol. The van der Waals surface area contributed by atoms with Gasteiger partial charge in [-0.1, -0.05) is 111 Å². The van der Waals surface area contributed by atoms with Crippen molar-refractivity contribution in [3.63, 3.8) is 0 Å². The van der Waals surface area contributed by atoms with Gasteiger partial charge in [0.05, 0.1) is 0 Å². The van der Waals surface area contributed by atoms with Gasteiger partial charge < -0.3 is 4.74 Å². The van der Waals surface area contributed by atoms with Gasteiger partial charge in [0.1, 0.15) is 47.7 Å². The molecule has 6 aromatic rings. The van der Waals surface area contributed by atoms with Gasteiger partial charge in [-0.05, 0) is 60.7 Å². The van der Waals surface area contributed by atoms with Gasteiger partial charge in [-0.2, -0.15) is 0 Å². The van der Waals surface area contributed by atoms with Crippen molar-refractivity contribution >= 4 is 56.9 Å². The van der Waals surface area contributed by atoms with E-state index >= 15 is 0 Å². The first-order chi connectivity index (χ1) is 21.6. The number of halogens is 1. The second-order valence-corrected chi connectivity index (χ2v) is 16.2. The molecule has 5 heteroatoms. The van der Waals surface area contributed by atoms with Crippen LogP contribution in [0.4, 0.5) is 0 Å². The first-order valence-electron chi connectivity index (χ1n) is 14.7. The third-order valence-corrected chi connectivity index (χ3v) is 13.9. The van der Waals surface area contributed by atoms with Crippen LogP contribution in [-0.4, -0.2) is 0 Å². The third-order valence-electron chi connectivity index (χ3n) is 8.37. The molecule has 1 aliphatic heterocycles. The molecule has 0 atom stereocenters. The van der Waals surface area contributed by atoms with E-state index in [1.54, 1.807) is 20.0 Å². The van der Waals surface area contributed by atoms with Crippen molar-refractivity contribution in [2.24, 2.45) is 0 Å². The van der Waals surface area contributed by atoms with E-state index in [1.165, 1.54) is 43.0 Å². The zero-order valence-corrected chi connectivity index (χ0v) is 29.5. The Morgan fingerprint density at radius 1 is 0.432 bits per heavy atom. The average molecular weight is 813 g/mol. The zero-order chi connectivity index (χ0) is 30.5. The molecule has 1 heterocycles. The maximum atomic E-state index is 7.27. The zero-order valence-electron chi connectivity index (χ0n) is 24.6. The molecule has 0 aliphatic carbocycles. The molecule has 0 spiro atoms. The number of hydrogen-bond acceptors (Lipinski definition) is 1. The van der Waals surface area contributed by atoms with Crippen LogP contribution in [0.1, 0.15) is 25.0 Å². The maximum absolute atomic E-state index is 7.27. The van der Waals surface area contributed by atoms with Crippen LogP contribution >= 0.6 is 25.0 Å². The summed E-state index contributed by atoms with van der Waals surface area (Å²) in [5.41, 5.74) is 2.30. The Morgan fingerprint density at radius 2 is 0.727 bits per heavy atom. The van der Waals surface area contributed by atoms with Gasteiger partial charge in [0.2, 0.25) is 0 Å². The van der Waals surface area contributed by atoms with E-state index in [1.807, 2.05) is 0 Å². The van der Waals surface area contributed by atoms with Crippen molar-refractivity contribution in [3.05, 3.63) is 169 Å². The van der Waals surface area contributed by atoms with Crippen LogP contribution in [0.5, 0.6) is 11.5 Å². The predicted octanol–water partition coefficient (Wildman–Crippen LogP) is 7.79. The molecule has 0 bridgehead atoms. The molecule has 0 aromatic heterocycles. The number of ether oxygens (including phenoxy) is 1. The van der Waals surface area contributed by atoms with Gasteiger partial charge in [-0.25, -0.2) is 0 Å². The standard InChI is InChI=1S/C39H32OP2.Au.ClH/c1-39(2)33-25-15-27-35(41(29-17-7-3-8-18-29)30-19-9-4-10-20-30)37(33)40-38-34(39)26-16-28-36(38)42(31-21-11-5-12-22-31)32-23-13-6-14-24-32;;/h3-28H,1-2H3;;1H/q;+1;/p+1. The molecule has 6 aromatic carbocycles. The Balaban J connectivity index is 0.00000168. The molecule has 0 amide bonds. The first-order valence-corrected chi connectivity index (χ1v) is 20.3. The number of benzene rings is 6. The summed E-state index contributed by atoms with van der Waals surface area (Å²) in [5, 5.41) is 8.05. The van der Waals surface area contributed by atoms with Gasteiger partial charge in [-0.3, -0.25) is 0 Å². The van der Waals surface area contributed by atoms with E-state index in [2.05, 4.69) is 181 Å². The van der Waals surface area contributed by atoms with Crippen molar-refractivity contribution in [1.29, 1.82) is 0 Å². The second-order valence-electron chi connectivity index (χ2n) is 11.3. The minimum absolute atomic E-state index is 0.213. The normalized spacial score (nSPS) is 12.9. The molecule has 0 unspecified atom stereocenters. The Bertz CT molecular complexity index is 1620. The molecule has 0 N–H and O–H groups in total. The Hall–Kier alpha value is -2.99. The molecule has 44 heavy (non-hydrogen) atoms. The van der Waals surface area contributed by atoms with Crippen LogP contribution < -0.4 is 36.6 Å². The summed E-state index contributed by atoms with van der Waals surface area (Å²) in [5.74, 6) is 2.07.